The van der Waals surface area contributed by atoms with E-state index in [4.69, 9.17) is 9.47 Å². The average molecular weight is 392 g/mol. The molecule has 2 aromatic rings. The van der Waals surface area contributed by atoms with E-state index in [-0.39, 0.29) is 18.0 Å². The van der Waals surface area contributed by atoms with Crippen molar-refractivity contribution in [1.29, 1.82) is 0 Å². The Balaban J connectivity index is 1.97. The second-order valence-electron chi connectivity index (χ2n) is 5.77. The number of amides is 1. The van der Waals surface area contributed by atoms with Crippen LogP contribution in [0, 0.1) is 0 Å². The molecule has 146 valence electrons. The number of carbonyl (C=O) groups is 1. The van der Waals surface area contributed by atoms with Crippen LogP contribution in [0.25, 0.3) is 0 Å². The van der Waals surface area contributed by atoms with Gasteiger partial charge in [0.15, 0.2) is 11.5 Å². The summed E-state index contributed by atoms with van der Waals surface area (Å²) in [5.74, 6) is 0.807. The van der Waals surface area contributed by atoms with Crippen LogP contribution in [-0.4, -0.2) is 45.9 Å². The van der Waals surface area contributed by atoms with Crippen LogP contribution in [0.1, 0.15) is 12.5 Å². The summed E-state index contributed by atoms with van der Waals surface area (Å²) >= 11 is 0. The van der Waals surface area contributed by atoms with Crippen molar-refractivity contribution in [1.82, 2.24) is 9.62 Å². The normalized spacial score (nSPS) is 11.3. The highest BCUT2D eigenvalue weighted by Gasteiger charge is 2.22. The van der Waals surface area contributed by atoms with Crippen molar-refractivity contribution in [2.45, 2.75) is 18.4 Å². The Labute approximate surface area is 160 Å². The predicted octanol–water partition coefficient (Wildman–Crippen LogP) is 2.03. The van der Waals surface area contributed by atoms with Crippen molar-refractivity contribution in [2.24, 2.45) is 0 Å². The van der Waals surface area contributed by atoms with Gasteiger partial charge in [0.2, 0.25) is 15.9 Å². The highest BCUT2D eigenvalue weighted by Crippen LogP contribution is 2.28. The summed E-state index contributed by atoms with van der Waals surface area (Å²) in [6.07, 6.45) is 0. The average Bonchev–Trinajstić information content (AvgIpc) is 2.67. The van der Waals surface area contributed by atoms with Crippen LogP contribution in [0.3, 0.4) is 0 Å². The Morgan fingerprint density at radius 3 is 2.44 bits per heavy atom. The fourth-order valence-electron chi connectivity index (χ4n) is 2.42. The van der Waals surface area contributed by atoms with E-state index in [0.717, 1.165) is 9.87 Å². The van der Waals surface area contributed by atoms with E-state index in [9.17, 15) is 13.2 Å². The Kier molecular flexibility index (Phi) is 7.20. The summed E-state index contributed by atoms with van der Waals surface area (Å²) in [5, 5.41) is 2.72. The molecule has 0 aliphatic rings. The number of likely N-dealkylation sites (N-methyl/N-ethyl adjacent to an activating group) is 1. The van der Waals surface area contributed by atoms with Gasteiger partial charge in [-0.25, -0.2) is 8.42 Å². The molecule has 2 rings (SSSR count). The SMILES string of the molecule is CCOc1cc(CNC(=O)CN(C)S(=O)(=O)c2ccccc2)ccc1OC. The van der Waals surface area contributed by atoms with Crippen molar-refractivity contribution in [2.75, 3.05) is 27.3 Å². The molecule has 0 atom stereocenters. The number of sulfonamides is 1. The Hall–Kier alpha value is -2.58. The summed E-state index contributed by atoms with van der Waals surface area (Å²) in [5.41, 5.74) is 0.821. The third-order valence-corrected chi connectivity index (χ3v) is 5.65. The number of hydrogen-bond donors (Lipinski definition) is 1. The summed E-state index contributed by atoms with van der Waals surface area (Å²) in [7, 11) is -0.769. The fraction of sp³-hybridized carbons (Fsp3) is 0.316. The molecular weight excluding hydrogens is 368 g/mol. The topological polar surface area (TPSA) is 84.9 Å². The van der Waals surface area contributed by atoms with Crippen LogP contribution in [0.2, 0.25) is 0 Å². The highest BCUT2D eigenvalue weighted by molar-refractivity contribution is 7.89. The summed E-state index contributed by atoms with van der Waals surface area (Å²) in [6.45, 7) is 2.35. The van der Waals surface area contributed by atoms with Crippen molar-refractivity contribution in [3.05, 3.63) is 54.1 Å². The minimum Gasteiger partial charge on any atom is -0.493 e. The maximum absolute atomic E-state index is 12.4. The minimum atomic E-state index is -3.70. The van der Waals surface area contributed by atoms with E-state index in [0.29, 0.717) is 18.1 Å². The van der Waals surface area contributed by atoms with E-state index in [2.05, 4.69) is 5.32 Å². The lowest BCUT2D eigenvalue weighted by molar-refractivity contribution is -0.121. The molecule has 0 unspecified atom stereocenters. The quantitative estimate of drug-likeness (QED) is 0.706. The van der Waals surface area contributed by atoms with Gasteiger partial charge in [-0.05, 0) is 36.8 Å². The van der Waals surface area contributed by atoms with E-state index in [1.807, 2.05) is 13.0 Å². The van der Waals surface area contributed by atoms with Crippen LogP contribution in [0.5, 0.6) is 11.5 Å². The molecule has 7 nitrogen and oxygen atoms in total. The number of hydrogen-bond acceptors (Lipinski definition) is 5. The van der Waals surface area contributed by atoms with Gasteiger partial charge in [-0.15, -0.1) is 0 Å². The molecule has 2 aromatic carbocycles. The summed E-state index contributed by atoms with van der Waals surface area (Å²) in [6, 6.07) is 13.4. The van der Waals surface area contributed by atoms with Gasteiger partial charge < -0.3 is 14.8 Å². The van der Waals surface area contributed by atoms with Crippen LogP contribution in [-0.2, 0) is 21.4 Å². The highest BCUT2D eigenvalue weighted by atomic mass is 32.2. The molecule has 0 radical (unpaired) electrons. The van der Waals surface area contributed by atoms with Crippen LogP contribution in [0.15, 0.2) is 53.4 Å². The largest absolute Gasteiger partial charge is 0.493 e. The first-order chi connectivity index (χ1) is 12.9. The zero-order valence-electron chi connectivity index (χ0n) is 15.6. The minimum absolute atomic E-state index is 0.150. The van der Waals surface area contributed by atoms with Crippen molar-refractivity contribution < 1.29 is 22.7 Å². The third kappa shape index (κ3) is 5.45. The molecule has 0 aromatic heterocycles. The molecule has 0 fully saturated rings. The number of nitrogens with one attached hydrogen (secondary N) is 1. The molecule has 0 saturated carbocycles. The molecule has 0 aliphatic carbocycles. The van der Waals surface area contributed by atoms with Gasteiger partial charge in [-0.2, -0.15) is 4.31 Å². The van der Waals surface area contributed by atoms with Gasteiger partial charge in [-0.1, -0.05) is 24.3 Å². The van der Waals surface area contributed by atoms with Gasteiger partial charge in [0.05, 0.1) is 25.2 Å². The number of carbonyl (C=O) groups excluding carboxylic acids is 1. The number of rotatable bonds is 9. The lowest BCUT2D eigenvalue weighted by Gasteiger charge is -2.17. The van der Waals surface area contributed by atoms with Crippen LogP contribution < -0.4 is 14.8 Å². The van der Waals surface area contributed by atoms with Gasteiger partial charge in [0.25, 0.3) is 0 Å². The zero-order valence-corrected chi connectivity index (χ0v) is 16.5. The van der Waals surface area contributed by atoms with E-state index >= 15 is 0 Å². The Bertz CT molecular complexity index is 869. The first kappa shape index (κ1) is 20.7. The molecule has 1 amide bonds. The zero-order chi connectivity index (χ0) is 19.9. The summed E-state index contributed by atoms with van der Waals surface area (Å²) < 4.78 is 36.6. The molecule has 1 N–H and O–H groups in total. The van der Waals surface area contributed by atoms with E-state index < -0.39 is 15.9 Å². The Morgan fingerprint density at radius 1 is 1.11 bits per heavy atom. The molecule has 0 spiro atoms. The van der Waals surface area contributed by atoms with Gasteiger partial charge >= 0.3 is 0 Å². The third-order valence-electron chi connectivity index (χ3n) is 3.84. The van der Waals surface area contributed by atoms with Crippen molar-refractivity contribution in [3.8, 4) is 11.5 Å². The van der Waals surface area contributed by atoms with Crippen LogP contribution >= 0.6 is 0 Å². The summed E-state index contributed by atoms with van der Waals surface area (Å²) in [4.78, 5) is 12.3. The number of ether oxygens (including phenoxy) is 2. The molecule has 0 bridgehead atoms. The van der Waals surface area contributed by atoms with Gasteiger partial charge in [0, 0.05) is 13.6 Å². The lowest BCUT2D eigenvalue weighted by atomic mass is 10.2. The maximum atomic E-state index is 12.4. The number of nitrogens with zero attached hydrogens (tertiary/aromatic N) is 1. The molecule has 0 heterocycles. The fourth-order valence-corrected chi connectivity index (χ4v) is 3.56. The Morgan fingerprint density at radius 2 is 1.81 bits per heavy atom. The predicted molar refractivity (Wildman–Crippen MR) is 102 cm³/mol. The van der Waals surface area contributed by atoms with Gasteiger partial charge in [0.1, 0.15) is 0 Å². The monoisotopic (exact) mass is 392 g/mol. The molecule has 0 saturated heterocycles. The number of benzene rings is 2. The van der Waals surface area contributed by atoms with Crippen molar-refractivity contribution in [3.63, 3.8) is 0 Å². The first-order valence-corrected chi connectivity index (χ1v) is 9.90. The first-order valence-electron chi connectivity index (χ1n) is 8.46. The van der Waals surface area contributed by atoms with E-state index in [1.165, 1.54) is 19.2 Å². The van der Waals surface area contributed by atoms with E-state index in [1.54, 1.807) is 37.4 Å². The standard InChI is InChI=1S/C19H24N2O5S/c1-4-26-18-12-15(10-11-17(18)25-3)13-20-19(22)14-21(2)27(23,24)16-8-6-5-7-9-16/h5-12H,4,13-14H2,1-3H3,(H,20,22). The molecule has 0 aliphatic heterocycles. The maximum Gasteiger partial charge on any atom is 0.243 e. The smallest absolute Gasteiger partial charge is 0.243 e. The van der Waals surface area contributed by atoms with Crippen molar-refractivity contribution >= 4 is 15.9 Å². The molecule has 27 heavy (non-hydrogen) atoms. The molecule has 8 heteroatoms. The second-order valence-corrected chi connectivity index (χ2v) is 7.81. The molecular formula is C19H24N2O5S. The van der Waals surface area contributed by atoms with Gasteiger partial charge in [-0.3, -0.25) is 4.79 Å². The lowest BCUT2D eigenvalue weighted by Crippen LogP contribution is -2.38. The van der Waals surface area contributed by atoms with Crippen LogP contribution in [0.4, 0.5) is 0 Å². The number of methoxy groups -OCH3 is 1. The second kappa shape index (κ2) is 9.38.